The first kappa shape index (κ1) is 21.3. The maximum atomic E-state index is 5.81. The van der Waals surface area contributed by atoms with Crippen LogP contribution in [0.25, 0.3) is 0 Å². The Balaban J connectivity index is 0. The van der Waals surface area contributed by atoms with E-state index in [9.17, 15) is 0 Å². The van der Waals surface area contributed by atoms with Crippen molar-refractivity contribution in [1.82, 2.24) is 0 Å². The van der Waals surface area contributed by atoms with Crippen LogP contribution in [0.5, 0.6) is 5.75 Å². The van der Waals surface area contributed by atoms with Crippen LogP contribution in [0.1, 0.15) is 57.2 Å². The molecule has 118 valence electrons. The minimum absolute atomic E-state index is 0.772. The summed E-state index contributed by atoms with van der Waals surface area (Å²) < 4.78 is 10.8. The molecule has 0 aromatic heterocycles. The molecule has 0 amide bonds. The second kappa shape index (κ2) is 14.4. The average Bonchev–Trinajstić information content (AvgIpc) is 2.45. The van der Waals surface area contributed by atoms with Crippen LogP contribution in [0.4, 0.5) is 0 Å². The molecular weight excluding hydrogens is 248 g/mol. The van der Waals surface area contributed by atoms with Gasteiger partial charge in [-0.15, -0.1) is 0 Å². The van der Waals surface area contributed by atoms with E-state index in [1.807, 2.05) is 27.7 Å². The lowest BCUT2D eigenvalue weighted by Gasteiger charge is -2.12. The molecule has 0 atom stereocenters. The zero-order chi connectivity index (χ0) is 16.0. The molecule has 0 spiro atoms. The topological polar surface area (TPSA) is 18.5 Å². The molecule has 0 aliphatic rings. The Morgan fingerprint density at radius 2 is 1.25 bits per heavy atom. The van der Waals surface area contributed by atoms with Crippen LogP contribution in [0, 0.1) is 20.8 Å². The normalized spacial score (nSPS) is 9.00. The monoisotopic (exact) mass is 282 g/mol. The lowest BCUT2D eigenvalue weighted by Crippen LogP contribution is -2.02. The highest BCUT2D eigenvalue weighted by atomic mass is 16.5. The molecule has 0 radical (unpaired) electrons. The third-order valence-electron chi connectivity index (χ3n) is 2.59. The first-order valence-electron chi connectivity index (χ1n) is 7.84. The second-order valence-corrected chi connectivity index (χ2v) is 4.28. The number of ether oxygens (including phenoxy) is 2. The van der Waals surface area contributed by atoms with E-state index in [2.05, 4.69) is 32.9 Å². The number of hydrogen-bond acceptors (Lipinski definition) is 2. The molecule has 0 heterocycles. The second-order valence-electron chi connectivity index (χ2n) is 4.28. The van der Waals surface area contributed by atoms with Crippen molar-refractivity contribution in [1.29, 1.82) is 0 Å². The van der Waals surface area contributed by atoms with Crippen molar-refractivity contribution in [2.24, 2.45) is 0 Å². The molecule has 0 fully saturated rings. The summed E-state index contributed by atoms with van der Waals surface area (Å²) in [5.41, 5.74) is 3.75. The van der Waals surface area contributed by atoms with E-state index in [1.165, 1.54) is 16.7 Å². The van der Waals surface area contributed by atoms with Crippen molar-refractivity contribution < 1.29 is 9.47 Å². The lowest BCUT2D eigenvalue weighted by molar-refractivity contribution is 0.184. The van der Waals surface area contributed by atoms with Gasteiger partial charge in [0, 0.05) is 13.7 Å². The fourth-order valence-electron chi connectivity index (χ4n) is 1.92. The molecule has 1 aromatic rings. The van der Waals surface area contributed by atoms with Gasteiger partial charge in [-0.1, -0.05) is 45.4 Å². The van der Waals surface area contributed by atoms with E-state index in [0.717, 1.165) is 31.8 Å². The van der Waals surface area contributed by atoms with Crippen molar-refractivity contribution in [3.05, 3.63) is 28.8 Å². The first-order valence-corrected chi connectivity index (χ1v) is 7.84. The van der Waals surface area contributed by atoms with Crippen LogP contribution in [0.2, 0.25) is 0 Å². The fraction of sp³-hybridized carbons (Fsp3) is 0.667. The zero-order valence-electron chi connectivity index (χ0n) is 14.8. The van der Waals surface area contributed by atoms with E-state index in [4.69, 9.17) is 9.47 Å². The Bertz CT molecular complexity index is 309. The molecule has 1 rings (SSSR count). The van der Waals surface area contributed by atoms with Gasteiger partial charge in [0.05, 0.1) is 6.61 Å². The summed E-state index contributed by atoms with van der Waals surface area (Å²) in [6.07, 6.45) is 2.10. The van der Waals surface area contributed by atoms with Gasteiger partial charge in [-0.05, 0) is 44.7 Å². The highest BCUT2D eigenvalue weighted by Crippen LogP contribution is 2.24. The molecule has 0 saturated heterocycles. The molecule has 20 heavy (non-hydrogen) atoms. The van der Waals surface area contributed by atoms with Gasteiger partial charge in [-0.3, -0.25) is 0 Å². The Morgan fingerprint density at radius 1 is 0.800 bits per heavy atom. The highest BCUT2D eigenvalue weighted by molar-refractivity contribution is 5.42. The largest absolute Gasteiger partial charge is 0.493 e. The maximum Gasteiger partial charge on any atom is 0.125 e. The van der Waals surface area contributed by atoms with E-state index in [-0.39, 0.29) is 0 Å². The molecule has 2 nitrogen and oxygen atoms in total. The lowest BCUT2D eigenvalue weighted by atomic mass is 10.1. The van der Waals surface area contributed by atoms with E-state index < -0.39 is 0 Å². The molecule has 1 aromatic carbocycles. The van der Waals surface area contributed by atoms with Crippen molar-refractivity contribution in [2.45, 2.75) is 61.3 Å². The summed E-state index contributed by atoms with van der Waals surface area (Å²) in [7, 11) is 1.73. The Morgan fingerprint density at radius 3 is 1.70 bits per heavy atom. The third-order valence-corrected chi connectivity index (χ3v) is 2.59. The standard InChI is InChI=1S/C14H22O2.2C2H6/c1-11-9-12(2)14(13(3)10-11)16-8-6-5-7-15-4;2*1-2/h9-10H,5-8H2,1-4H3;2*1-2H3. The molecule has 0 bridgehead atoms. The van der Waals surface area contributed by atoms with Gasteiger partial charge in [-0.2, -0.15) is 0 Å². The molecule has 0 N–H and O–H groups in total. The fourth-order valence-corrected chi connectivity index (χ4v) is 1.92. The Hall–Kier alpha value is -1.02. The molecule has 0 aliphatic carbocycles. The van der Waals surface area contributed by atoms with Crippen molar-refractivity contribution >= 4 is 0 Å². The van der Waals surface area contributed by atoms with Gasteiger partial charge in [0.2, 0.25) is 0 Å². The molecule has 2 heteroatoms. The summed E-state index contributed by atoms with van der Waals surface area (Å²) in [4.78, 5) is 0. The van der Waals surface area contributed by atoms with Crippen LogP contribution in [-0.4, -0.2) is 20.3 Å². The average molecular weight is 282 g/mol. The van der Waals surface area contributed by atoms with Gasteiger partial charge in [-0.25, -0.2) is 0 Å². The number of unbranched alkanes of at least 4 members (excludes halogenated alkanes) is 1. The van der Waals surface area contributed by atoms with Gasteiger partial charge in [0.1, 0.15) is 5.75 Å². The van der Waals surface area contributed by atoms with E-state index >= 15 is 0 Å². The highest BCUT2D eigenvalue weighted by Gasteiger charge is 2.04. The molecule has 0 unspecified atom stereocenters. The first-order chi connectivity index (χ1) is 9.65. The quantitative estimate of drug-likeness (QED) is 0.644. The van der Waals surface area contributed by atoms with Gasteiger partial charge in [0.15, 0.2) is 0 Å². The summed E-state index contributed by atoms with van der Waals surface area (Å²) in [5.74, 6) is 1.04. The minimum Gasteiger partial charge on any atom is -0.493 e. The SMILES string of the molecule is CC.CC.COCCCCOc1c(C)cc(C)cc1C. The maximum absolute atomic E-state index is 5.81. The van der Waals surface area contributed by atoms with Crippen molar-refractivity contribution in [3.63, 3.8) is 0 Å². The summed E-state index contributed by atoms with van der Waals surface area (Å²) in [6.45, 7) is 15.9. The van der Waals surface area contributed by atoms with Gasteiger partial charge < -0.3 is 9.47 Å². The van der Waals surface area contributed by atoms with Crippen LogP contribution in [-0.2, 0) is 4.74 Å². The third kappa shape index (κ3) is 8.98. The number of benzene rings is 1. The van der Waals surface area contributed by atoms with Crippen LogP contribution in [0.3, 0.4) is 0 Å². The predicted molar refractivity (Wildman–Crippen MR) is 90.0 cm³/mol. The van der Waals surface area contributed by atoms with E-state index in [1.54, 1.807) is 7.11 Å². The number of methoxy groups -OCH3 is 1. The summed E-state index contributed by atoms with van der Waals surface area (Å²) >= 11 is 0. The Kier molecular flexibility index (Phi) is 15.3. The van der Waals surface area contributed by atoms with Crippen LogP contribution in [0.15, 0.2) is 12.1 Å². The van der Waals surface area contributed by atoms with Crippen LogP contribution >= 0.6 is 0 Å². The van der Waals surface area contributed by atoms with Gasteiger partial charge >= 0.3 is 0 Å². The number of rotatable bonds is 6. The molecule has 0 aliphatic heterocycles. The molecule has 0 saturated carbocycles. The van der Waals surface area contributed by atoms with Gasteiger partial charge in [0.25, 0.3) is 0 Å². The van der Waals surface area contributed by atoms with Crippen LogP contribution < -0.4 is 4.74 Å². The number of hydrogen-bond donors (Lipinski definition) is 0. The summed E-state index contributed by atoms with van der Waals surface area (Å²) in [5, 5.41) is 0. The zero-order valence-corrected chi connectivity index (χ0v) is 14.8. The minimum atomic E-state index is 0.772. The smallest absolute Gasteiger partial charge is 0.125 e. The number of aryl methyl sites for hydroxylation is 3. The summed E-state index contributed by atoms with van der Waals surface area (Å²) in [6, 6.07) is 4.33. The van der Waals surface area contributed by atoms with Crippen molar-refractivity contribution in [2.75, 3.05) is 20.3 Å². The molecular formula is C18H34O2. The van der Waals surface area contributed by atoms with Crippen molar-refractivity contribution in [3.8, 4) is 5.75 Å². The van der Waals surface area contributed by atoms with E-state index in [0.29, 0.717) is 0 Å². The Labute approximate surface area is 126 Å². The predicted octanol–water partition coefficient (Wildman–Crippen LogP) is 5.47.